The lowest BCUT2D eigenvalue weighted by molar-refractivity contribution is -0.113. The van der Waals surface area contributed by atoms with Gasteiger partial charge in [0, 0.05) is 48.7 Å². The Bertz CT molecular complexity index is 1450. The molecule has 0 spiro atoms. The number of thioether (sulfide) groups is 1. The molecule has 3 aromatic carbocycles. The Morgan fingerprint density at radius 3 is 2.38 bits per heavy atom. The van der Waals surface area contributed by atoms with Gasteiger partial charge in [0.05, 0.1) is 12.4 Å². The maximum absolute atomic E-state index is 12.9. The molecular weight excluding hydrogens is 526 g/mol. The minimum absolute atomic E-state index is 0.0848. The molecular formula is C30H31N5O4S. The number of aryl methyl sites for hydroxylation is 1. The number of piperazine rings is 1. The van der Waals surface area contributed by atoms with E-state index < -0.39 is 0 Å². The van der Waals surface area contributed by atoms with Gasteiger partial charge in [-0.25, -0.2) is 0 Å². The van der Waals surface area contributed by atoms with E-state index in [9.17, 15) is 9.59 Å². The Balaban J connectivity index is 1.08. The van der Waals surface area contributed by atoms with E-state index in [-0.39, 0.29) is 17.6 Å². The quantitative estimate of drug-likeness (QED) is 0.283. The van der Waals surface area contributed by atoms with Crippen molar-refractivity contribution in [2.75, 3.05) is 48.8 Å². The van der Waals surface area contributed by atoms with E-state index in [0.29, 0.717) is 36.5 Å². The Hall–Kier alpha value is -4.31. The predicted molar refractivity (Wildman–Crippen MR) is 156 cm³/mol. The summed E-state index contributed by atoms with van der Waals surface area (Å²) in [6.07, 6.45) is 0. The van der Waals surface area contributed by atoms with Gasteiger partial charge in [-0.2, -0.15) is 0 Å². The Kier molecular flexibility index (Phi) is 8.65. The average molecular weight is 558 g/mol. The molecule has 0 radical (unpaired) electrons. The molecule has 10 heteroatoms. The molecule has 2 amide bonds. The number of nitrogens with one attached hydrogen (secondary N) is 1. The number of ether oxygens (including phenoxy) is 1. The molecule has 5 rings (SSSR count). The van der Waals surface area contributed by atoms with Crippen LogP contribution in [0.3, 0.4) is 0 Å². The van der Waals surface area contributed by atoms with Crippen LogP contribution in [0.4, 0.5) is 11.4 Å². The zero-order valence-electron chi connectivity index (χ0n) is 22.5. The number of carbonyl (C=O) groups is 2. The van der Waals surface area contributed by atoms with Crippen molar-refractivity contribution in [1.82, 2.24) is 15.1 Å². The van der Waals surface area contributed by atoms with Crippen LogP contribution in [0, 0.1) is 6.92 Å². The van der Waals surface area contributed by atoms with Crippen LogP contribution < -0.4 is 15.0 Å². The summed E-state index contributed by atoms with van der Waals surface area (Å²) in [6, 6.07) is 22.9. The number of benzene rings is 3. The van der Waals surface area contributed by atoms with Crippen molar-refractivity contribution in [3.8, 4) is 17.2 Å². The third-order valence-corrected chi connectivity index (χ3v) is 7.42. The van der Waals surface area contributed by atoms with Crippen LogP contribution in [0.25, 0.3) is 11.5 Å². The van der Waals surface area contributed by atoms with Gasteiger partial charge in [0.25, 0.3) is 11.1 Å². The Labute approximate surface area is 237 Å². The van der Waals surface area contributed by atoms with Gasteiger partial charge in [0.15, 0.2) is 0 Å². The molecule has 0 bridgehead atoms. The van der Waals surface area contributed by atoms with Crippen molar-refractivity contribution in [1.29, 1.82) is 0 Å². The third kappa shape index (κ3) is 6.63. The number of hydrogen-bond acceptors (Lipinski definition) is 8. The summed E-state index contributed by atoms with van der Waals surface area (Å²) in [4.78, 5) is 29.6. The first kappa shape index (κ1) is 27.3. The van der Waals surface area contributed by atoms with E-state index in [1.54, 1.807) is 0 Å². The Morgan fingerprint density at radius 1 is 0.950 bits per heavy atom. The number of nitrogens with zero attached hydrogens (tertiary/aromatic N) is 4. The molecule has 1 aliphatic rings. The van der Waals surface area contributed by atoms with Gasteiger partial charge in [-0.3, -0.25) is 9.59 Å². The highest BCUT2D eigenvalue weighted by molar-refractivity contribution is 7.99. The molecule has 0 saturated carbocycles. The fourth-order valence-electron chi connectivity index (χ4n) is 4.48. The zero-order chi connectivity index (χ0) is 27.9. The molecule has 1 aromatic heterocycles. The second kappa shape index (κ2) is 12.7. The summed E-state index contributed by atoms with van der Waals surface area (Å²) < 4.78 is 11.1. The number of amides is 2. The average Bonchev–Trinajstić information content (AvgIpc) is 3.46. The van der Waals surface area contributed by atoms with Gasteiger partial charge in [0.1, 0.15) is 5.75 Å². The summed E-state index contributed by atoms with van der Waals surface area (Å²) >= 11 is 1.18. The van der Waals surface area contributed by atoms with Crippen LogP contribution in [0.1, 0.15) is 22.8 Å². The SMILES string of the molecule is CCOc1ccc(-c2nnc(SCC(=O)Nc3ccc(N4CCN(C(=O)c5ccccc5C)CC4)cc3)o2)cc1. The van der Waals surface area contributed by atoms with Crippen molar-refractivity contribution in [3.05, 3.63) is 83.9 Å². The summed E-state index contributed by atoms with van der Waals surface area (Å²) in [5, 5.41) is 11.3. The molecule has 1 fully saturated rings. The first-order valence-corrected chi connectivity index (χ1v) is 14.2. The van der Waals surface area contributed by atoms with Crippen molar-refractivity contribution >= 4 is 35.0 Å². The van der Waals surface area contributed by atoms with E-state index in [0.717, 1.165) is 41.2 Å². The number of hydrogen-bond donors (Lipinski definition) is 1. The van der Waals surface area contributed by atoms with E-state index >= 15 is 0 Å². The molecule has 206 valence electrons. The van der Waals surface area contributed by atoms with E-state index in [1.807, 2.05) is 91.5 Å². The molecule has 2 heterocycles. The van der Waals surface area contributed by atoms with Crippen molar-refractivity contribution in [2.24, 2.45) is 0 Å². The van der Waals surface area contributed by atoms with E-state index in [4.69, 9.17) is 9.15 Å². The van der Waals surface area contributed by atoms with Crippen LogP contribution in [-0.2, 0) is 4.79 Å². The van der Waals surface area contributed by atoms with Crippen LogP contribution in [-0.4, -0.2) is 65.5 Å². The monoisotopic (exact) mass is 557 g/mol. The maximum Gasteiger partial charge on any atom is 0.277 e. The molecule has 1 saturated heterocycles. The topological polar surface area (TPSA) is 101 Å². The van der Waals surface area contributed by atoms with Gasteiger partial charge in [-0.05, 0) is 74.0 Å². The summed E-state index contributed by atoms with van der Waals surface area (Å²) in [5.41, 5.74) is 4.32. The van der Waals surface area contributed by atoms with Gasteiger partial charge in [-0.1, -0.05) is 30.0 Å². The highest BCUT2D eigenvalue weighted by atomic mass is 32.2. The van der Waals surface area contributed by atoms with Crippen molar-refractivity contribution in [2.45, 2.75) is 19.1 Å². The first-order chi connectivity index (χ1) is 19.5. The molecule has 9 nitrogen and oxygen atoms in total. The lowest BCUT2D eigenvalue weighted by Crippen LogP contribution is -2.48. The molecule has 4 aromatic rings. The zero-order valence-corrected chi connectivity index (χ0v) is 23.3. The van der Waals surface area contributed by atoms with Gasteiger partial charge in [0.2, 0.25) is 11.8 Å². The summed E-state index contributed by atoms with van der Waals surface area (Å²) in [7, 11) is 0. The fourth-order valence-corrected chi connectivity index (χ4v) is 5.04. The summed E-state index contributed by atoms with van der Waals surface area (Å²) in [5.74, 6) is 1.23. The third-order valence-electron chi connectivity index (χ3n) is 6.60. The van der Waals surface area contributed by atoms with E-state index in [1.165, 1.54) is 11.8 Å². The second-order valence-corrected chi connectivity index (χ2v) is 10.2. The molecule has 40 heavy (non-hydrogen) atoms. The molecule has 0 unspecified atom stereocenters. The number of rotatable bonds is 9. The molecule has 1 N–H and O–H groups in total. The van der Waals surface area contributed by atoms with Crippen molar-refractivity contribution in [3.63, 3.8) is 0 Å². The van der Waals surface area contributed by atoms with Crippen LogP contribution in [0.2, 0.25) is 0 Å². The highest BCUT2D eigenvalue weighted by Crippen LogP contribution is 2.26. The number of anilines is 2. The van der Waals surface area contributed by atoms with Gasteiger partial charge >= 0.3 is 0 Å². The maximum atomic E-state index is 12.9. The lowest BCUT2D eigenvalue weighted by atomic mass is 10.1. The minimum atomic E-state index is -0.165. The smallest absolute Gasteiger partial charge is 0.277 e. The number of carbonyl (C=O) groups excluding carboxylic acids is 2. The molecule has 0 atom stereocenters. The molecule has 0 aliphatic carbocycles. The van der Waals surface area contributed by atoms with Crippen LogP contribution >= 0.6 is 11.8 Å². The largest absolute Gasteiger partial charge is 0.494 e. The fraction of sp³-hybridized carbons (Fsp3) is 0.267. The van der Waals surface area contributed by atoms with Gasteiger partial charge < -0.3 is 24.3 Å². The summed E-state index contributed by atoms with van der Waals surface area (Å²) in [6.45, 7) is 7.34. The van der Waals surface area contributed by atoms with Crippen LogP contribution in [0.15, 0.2) is 82.4 Å². The van der Waals surface area contributed by atoms with Gasteiger partial charge in [-0.15, -0.1) is 10.2 Å². The van der Waals surface area contributed by atoms with Crippen molar-refractivity contribution < 1.29 is 18.7 Å². The van der Waals surface area contributed by atoms with E-state index in [2.05, 4.69) is 20.4 Å². The minimum Gasteiger partial charge on any atom is -0.494 e. The second-order valence-electron chi connectivity index (χ2n) is 9.31. The molecule has 1 aliphatic heterocycles. The standard InChI is InChI=1S/C30H31N5O4S/c1-3-38-25-14-8-22(9-15-25)28-32-33-30(39-28)40-20-27(36)31-23-10-12-24(13-11-23)34-16-18-35(19-17-34)29(37)26-7-5-4-6-21(26)2/h4-15H,3,16-20H2,1-2H3,(H,31,36). The Morgan fingerprint density at radius 2 is 1.68 bits per heavy atom. The lowest BCUT2D eigenvalue weighted by Gasteiger charge is -2.36. The predicted octanol–water partition coefficient (Wildman–Crippen LogP) is 5.14. The van der Waals surface area contributed by atoms with Crippen LogP contribution in [0.5, 0.6) is 5.75 Å². The highest BCUT2D eigenvalue weighted by Gasteiger charge is 2.23. The number of aromatic nitrogens is 2. The first-order valence-electron chi connectivity index (χ1n) is 13.2. The normalized spacial score (nSPS) is 13.2.